The number of amides is 3. The normalized spacial score (nSPS) is 20.8. The molecule has 2 fully saturated rings. The van der Waals surface area contributed by atoms with Gasteiger partial charge in [0.25, 0.3) is 0 Å². The lowest BCUT2D eigenvalue weighted by Gasteiger charge is -2.37. The van der Waals surface area contributed by atoms with E-state index < -0.39 is 16.1 Å². The number of aryl methyl sites for hydroxylation is 1. The standard InChI is InChI=1S/C17H24N4O4S/c1-13-3-5-15(6-4-13)26(24,25)20-11-9-19(10-12-20)14(2)16(22)21-8-7-18-17(21)23/h3-6,14H,7-12H2,1-2H3,(H,18,23)/t14-/m1/s1. The molecule has 3 amide bonds. The summed E-state index contributed by atoms with van der Waals surface area (Å²) in [5.74, 6) is -0.241. The minimum absolute atomic E-state index is 0.241. The lowest BCUT2D eigenvalue weighted by atomic mass is 10.2. The molecule has 1 aromatic rings. The van der Waals surface area contributed by atoms with Crippen molar-refractivity contribution in [1.82, 2.24) is 19.4 Å². The Balaban J connectivity index is 1.62. The van der Waals surface area contributed by atoms with Gasteiger partial charge in [-0.15, -0.1) is 0 Å². The summed E-state index contributed by atoms with van der Waals surface area (Å²) in [6, 6.07) is 5.99. The second kappa shape index (κ2) is 7.34. The monoisotopic (exact) mass is 380 g/mol. The maximum Gasteiger partial charge on any atom is 0.324 e. The van der Waals surface area contributed by atoms with Gasteiger partial charge in [0.05, 0.1) is 10.9 Å². The Morgan fingerprint density at radius 2 is 1.69 bits per heavy atom. The quantitative estimate of drug-likeness (QED) is 0.808. The van der Waals surface area contributed by atoms with Crippen molar-refractivity contribution in [3.63, 3.8) is 0 Å². The van der Waals surface area contributed by atoms with Gasteiger partial charge in [-0.3, -0.25) is 14.6 Å². The van der Waals surface area contributed by atoms with Crippen molar-refractivity contribution in [3.8, 4) is 0 Å². The number of nitrogens with one attached hydrogen (secondary N) is 1. The van der Waals surface area contributed by atoms with E-state index in [1.165, 1.54) is 9.21 Å². The van der Waals surface area contributed by atoms with Gasteiger partial charge in [0.1, 0.15) is 0 Å². The van der Waals surface area contributed by atoms with Gasteiger partial charge in [-0.25, -0.2) is 13.2 Å². The Morgan fingerprint density at radius 1 is 1.08 bits per heavy atom. The number of hydrogen-bond donors (Lipinski definition) is 1. The van der Waals surface area contributed by atoms with Crippen LogP contribution in [0.4, 0.5) is 4.79 Å². The molecular formula is C17H24N4O4S. The number of benzene rings is 1. The molecule has 0 spiro atoms. The summed E-state index contributed by atoms with van der Waals surface area (Å²) in [6.45, 7) is 6.07. The van der Waals surface area contributed by atoms with Crippen LogP contribution in [0.2, 0.25) is 0 Å². The van der Waals surface area contributed by atoms with Gasteiger partial charge in [-0.05, 0) is 26.0 Å². The molecule has 0 aliphatic carbocycles. The van der Waals surface area contributed by atoms with Crippen molar-refractivity contribution >= 4 is 22.0 Å². The SMILES string of the molecule is Cc1ccc(S(=O)(=O)N2CCN([C@H](C)C(=O)N3CCNC3=O)CC2)cc1. The van der Waals surface area contributed by atoms with Gasteiger partial charge in [0.15, 0.2) is 0 Å². The third kappa shape index (κ3) is 3.60. The molecule has 0 bridgehead atoms. The van der Waals surface area contributed by atoms with Crippen molar-refractivity contribution < 1.29 is 18.0 Å². The summed E-state index contributed by atoms with van der Waals surface area (Å²) in [4.78, 5) is 27.6. The molecule has 0 radical (unpaired) electrons. The number of imide groups is 1. The number of carbonyl (C=O) groups excluding carboxylic acids is 2. The van der Waals surface area contributed by atoms with Gasteiger partial charge in [0.2, 0.25) is 15.9 Å². The molecule has 26 heavy (non-hydrogen) atoms. The van der Waals surface area contributed by atoms with Crippen LogP contribution in [0.5, 0.6) is 0 Å². The molecule has 2 saturated heterocycles. The smallest absolute Gasteiger partial charge is 0.324 e. The van der Waals surface area contributed by atoms with Crippen molar-refractivity contribution in [3.05, 3.63) is 29.8 Å². The van der Waals surface area contributed by atoms with Gasteiger partial charge >= 0.3 is 6.03 Å². The Hall–Kier alpha value is -1.97. The second-order valence-corrected chi connectivity index (χ2v) is 8.59. The highest BCUT2D eigenvalue weighted by Gasteiger charge is 2.35. The van der Waals surface area contributed by atoms with Crippen molar-refractivity contribution in [1.29, 1.82) is 0 Å². The van der Waals surface area contributed by atoms with E-state index in [2.05, 4.69) is 5.32 Å². The zero-order valence-electron chi connectivity index (χ0n) is 15.0. The van der Waals surface area contributed by atoms with Crippen LogP contribution in [0.15, 0.2) is 29.2 Å². The molecule has 0 aromatic heterocycles. The molecule has 8 nitrogen and oxygen atoms in total. The van der Waals surface area contributed by atoms with Crippen LogP contribution in [-0.4, -0.2) is 79.8 Å². The first-order valence-corrected chi connectivity index (χ1v) is 10.1. The summed E-state index contributed by atoms with van der Waals surface area (Å²) in [6.07, 6.45) is 0. The van der Waals surface area contributed by atoms with Crippen molar-refractivity contribution in [2.45, 2.75) is 24.8 Å². The van der Waals surface area contributed by atoms with Crippen LogP contribution in [0.3, 0.4) is 0 Å². The zero-order valence-corrected chi connectivity index (χ0v) is 15.8. The minimum atomic E-state index is -3.53. The van der Waals surface area contributed by atoms with Gasteiger partial charge in [-0.2, -0.15) is 4.31 Å². The Labute approximate surface area is 153 Å². The molecule has 3 rings (SSSR count). The van der Waals surface area contributed by atoms with E-state index in [1.807, 2.05) is 11.8 Å². The van der Waals surface area contributed by atoms with Gasteiger partial charge < -0.3 is 5.32 Å². The molecule has 9 heteroatoms. The fourth-order valence-electron chi connectivity index (χ4n) is 3.25. The van der Waals surface area contributed by atoms with Gasteiger partial charge in [0, 0.05) is 39.3 Å². The van der Waals surface area contributed by atoms with E-state index in [0.29, 0.717) is 39.3 Å². The number of piperazine rings is 1. The molecule has 2 aliphatic rings. The molecule has 2 aliphatic heterocycles. The van der Waals surface area contributed by atoms with Crippen LogP contribution in [0.1, 0.15) is 12.5 Å². The largest absolute Gasteiger partial charge is 0.336 e. The average molecular weight is 380 g/mol. The van der Waals surface area contributed by atoms with E-state index in [0.717, 1.165) is 5.56 Å². The zero-order chi connectivity index (χ0) is 18.9. The molecule has 1 N–H and O–H groups in total. The first kappa shape index (κ1) is 18.8. The lowest BCUT2D eigenvalue weighted by Crippen LogP contribution is -2.55. The van der Waals surface area contributed by atoms with E-state index in [4.69, 9.17) is 0 Å². The highest BCUT2D eigenvalue weighted by atomic mass is 32.2. The molecule has 1 aromatic carbocycles. The minimum Gasteiger partial charge on any atom is -0.336 e. The molecule has 0 saturated carbocycles. The summed E-state index contributed by atoms with van der Waals surface area (Å²) in [5, 5.41) is 2.62. The molecule has 0 unspecified atom stereocenters. The highest BCUT2D eigenvalue weighted by molar-refractivity contribution is 7.89. The van der Waals surface area contributed by atoms with Crippen LogP contribution in [0.25, 0.3) is 0 Å². The first-order chi connectivity index (χ1) is 12.3. The van der Waals surface area contributed by atoms with Crippen LogP contribution in [-0.2, 0) is 14.8 Å². The average Bonchev–Trinajstić information content (AvgIpc) is 3.07. The summed E-state index contributed by atoms with van der Waals surface area (Å²) < 4.78 is 26.9. The van der Waals surface area contributed by atoms with E-state index in [-0.39, 0.29) is 16.8 Å². The van der Waals surface area contributed by atoms with Crippen LogP contribution >= 0.6 is 0 Å². The van der Waals surface area contributed by atoms with Crippen LogP contribution < -0.4 is 5.32 Å². The van der Waals surface area contributed by atoms with E-state index >= 15 is 0 Å². The summed E-state index contributed by atoms with van der Waals surface area (Å²) in [7, 11) is -3.53. The first-order valence-electron chi connectivity index (χ1n) is 8.71. The van der Waals surface area contributed by atoms with Crippen molar-refractivity contribution in [2.75, 3.05) is 39.3 Å². The van der Waals surface area contributed by atoms with Crippen LogP contribution in [0, 0.1) is 6.92 Å². The van der Waals surface area contributed by atoms with Crippen molar-refractivity contribution in [2.24, 2.45) is 0 Å². The number of sulfonamides is 1. The fraction of sp³-hybridized carbons (Fsp3) is 0.529. The highest BCUT2D eigenvalue weighted by Crippen LogP contribution is 2.19. The van der Waals surface area contributed by atoms with E-state index in [9.17, 15) is 18.0 Å². The predicted octanol–water partition coefficient (Wildman–Crippen LogP) is 0.242. The Morgan fingerprint density at radius 3 is 2.23 bits per heavy atom. The maximum absolute atomic E-state index is 12.7. The Bertz CT molecular complexity index is 785. The summed E-state index contributed by atoms with van der Waals surface area (Å²) in [5.41, 5.74) is 1.01. The summed E-state index contributed by atoms with van der Waals surface area (Å²) >= 11 is 0. The number of carbonyl (C=O) groups is 2. The molecular weight excluding hydrogens is 356 g/mol. The lowest BCUT2D eigenvalue weighted by molar-refractivity contribution is -0.133. The maximum atomic E-state index is 12.7. The number of nitrogens with zero attached hydrogens (tertiary/aromatic N) is 3. The topological polar surface area (TPSA) is 90.0 Å². The fourth-order valence-corrected chi connectivity index (χ4v) is 4.68. The number of urea groups is 1. The predicted molar refractivity (Wildman–Crippen MR) is 96.1 cm³/mol. The molecule has 1 atom stereocenters. The van der Waals surface area contributed by atoms with E-state index in [1.54, 1.807) is 31.2 Å². The number of hydrogen-bond acceptors (Lipinski definition) is 5. The Kier molecular flexibility index (Phi) is 5.31. The third-order valence-electron chi connectivity index (χ3n) is 4.96. The second-order valence-electron chi connectivity index (χ2n) is 6.65. The third-order valence-corrected chi connectivity index (χ3v) is 6.87. The molecule has 142 valence electrons. The van der Waals surface area contributed by atoms with Gasteiger partial charge in [-0.1, -0.05) is 17.7 Å². The number of rotatable bonds is 4. The molecule has 2 heterocycles.